The predicted octanol–water partition coefficient (Wildman–Crippen LogP) is 1.56. The topological polar surface area (TPSA) is 51.0 Å². The van der Waals surface area contributed by atoms with Crippen LogP contribution in [-0.4, -0.2) is 23.2 Å². The summed E-state index contributed by atoms with van der Waals surface area (Å²) in [6.07, 6.45) is 0.917. The van der Waals surface area contributed by atoms with Gasteiger partial charge in [-0.3, -0.25) is 0 Å². The second-order valence-corrected chi connectivity index (χ2v) is 4.54. The molecule has 3 heterocycles. The summed E-state index contributed by atoms with van der Waals surface area (Å²) in [5.74, 6) is 2.14. The summed E-state index contributed by atoms with van der Waals surface area (Å²) in [5.41, 5.74) is 1.02. The zero-order valence-electron chi connectivity index (χ0n) is 8.14. The number of rotatable bonds is 3. The van der Waals surface area contributed by atoms with Crippen molar-refractivity contribution in [2.75, 3.05) is 13.1 Å². The average Bonchev–Trinajstić information content (AvgIpc) is 2.82. The Hall–Kier alpha value is -1.20. The van der Waals surface area contributed by atoms with Crippen molar-refractivity contribution in [3.63, 3.8) is 0 Å². The Morgan fingerprint density at radius 2 is 2.47 bits per heavy atom. The highest BCUT2D eigenvalue weighted by atomic mass is 32.1. The van der Waals surface area contributed by atoms with E-state index in [0.29, 0.717) is 11.8 Å². The van der Waals surface area contributed by atoms with Gasteiger partial charge in [0.05, 0.1) is 5.56 Å². The standard InChI is InChI=1S/C10H11N3OS/c1-2-15-6-8(1)10-12-9(13-14-10)3-7-4-11-5-7/h1-2,6-7,11H,3-5H2. The molecule has 0 bridgehead atoms. The van der Waals surface area contributed by atoms with E-state index in [1.165, 1.54) is 0 Å². The Kier molecular flexibility index (Phi) is 2.26. The summed E-state index contributed by atoms with van der Waals surface area (Å²) in [5, 5.41) is 11.2. The molecule has 0 radical (unpaired) electrons. The molecule has 4 nitrogen and oxygen atoms in total. The minimum absolute atomic E-state index is 0.638. The minimum Gasteiger partial charge on any atom is -0.334 e. The maximum atomic E-state index is 5.20. The van der Waals surface area contributed by atoms with E-state index >= 15 is 0 Å². The summed E-state index contributed by atoms with van der Waals surface area (Å²) in [6, 6.07) is 1.99. The van der Waals surface area contributed by atoms with Crippen LogP contribution in [0.5, 0.6) is 0 Å². The summed E-state index contributed by atoms with van der Waals surface area (Å²) >= 11 is 1.64. The third-order valence-corrected chi connectivity index (χ3v) is 3.26. The fraction of sp³-hybridized carbons (Fsp3) is 0.400. The zero-order valence-corrected chi connectivity index (χ0v) is 8.96. The highest BCUT2D eigenvalue weighted by Crippen LogP contribution is 2.20. The first kappa shape index (κ1) is 9.06. The molecule has 78 valence electrons. The van der Waals surface area contributed by atoms with Gasteiger partial charge in [-0.15, -0.1) is 0 Å². The fourth-order valence-corrected chi connectivity index (χ4v) is 2.22. The normalized spacial score (nSPS) is 16.5. The van der Waals surface area contributed by atoms with E-state index in [9.17, 15) is 0 Å². The van der Waals surface area contributed by atoms with Crippen LogP contribution in [0.25, 0.3) is 11.5 Å². The van der Waals surface area contributed by atoms with Gasteiger partial charge in [-0.1, -0.05) is 5.16 Å². The van der Waals surface area contributed by atoms with Crippen LogP contribution in [0.4, 0.5) is 0 Å². The van der Waals surface area contributed by atoms with Crippen molar-refractivity contribution in [1.29, 1.82) is 0 Å². The van der Waals surface area contributed by atoms with Gasteiger partial charge in [0.25, 0.3) is 5.89 Å². The number of nitrogens with one attached hydrogen (secondary N) is 1. The summed E-state index contributed by atoms with van der Waals surface area (Å²) < 4.78 is 5.20. The van der Waals surface area contributed by atoms with Crippen molar-refractivity contribution in [2.24, 2.45) is 5.92 Å². The molecule has 3 rings (SSSR count). The largest absolute Gasteiger partial charge is 0.334 e. The lowest BCUT2D eigenvalue weighted by atomic mass is 9.99. The number of thiophene rings is 1. The van der Waals surface area contributed by atoms with E-state index in [4.69, 9.17) is 4.52 Å². The predicted molar refractivity (Wildman–Crippen MR) is 57.7 cm³/mol. The molecule has 0 amide bonds. The first-order valence-electron chi connectivity index (χ1n) is 4.98. The number of aromatic nitrogens is 2. The van der Waals surface area contributed by atoms with E-state index in [1.807, 2.05) is 16.8 Å². The van der Waals surface area contributed by atoms with Crippen LogP contribution in [0.2, 0.25) is 0 Å². The molecule has 1 N–H and O–H groups in total. The van der Waals surface area contributed by atoms with Gasteiger partial charge in [0.15, 0.2) is 5.82 Å². The number of hydrogen-bond acceptors (Lipinski definition) is 5. The Morgan fingerprint density at radius 3 is 3.13 bits per heavy atom. The van der Waals surface area contributed by atoms with Gasteiger partial charge >= 0.3 is 0 Å². The number of hydrogen-bond donors (Lipinski definition) is 1. The molecule has 1 saturated heterocycles. The molecule has 0 spiro atoms. The van der Waals surface area contributed by atoms with Crippen LogP contribution >= 0.6 is 11.3 Å². The SMILES string of the molecule is c1cc(-c2nc(CC3CNC3)no2)cs1. The Labute approximate surface area is 91.3 Å². The van der Waals surface area contributed by atoms with Crippen LogP contribution in [0, 0.1) is 5.92 Å². The molecule has 0 aromatic carbocycles. The lowest BCUT2D eigenvalue weighted by Crippen LogP contribution is -2.43. The van der Waals surface area contributed by atoms with Gasteiger partial charge in [-0.2, -0.15) is 16.3 Å². The smallest absolute Gasteiger partial charge is 0.258 e. The van der Waals surface area contributed by atoms with Gasteiger partial charge in [-0.25, -0.2) is 0 Å². The summed E-state index contributed by atoms with van der Waals surface area (Å²) in [7, 11) is 0. The molecule has 0 saturated carbocycles. The van der Waals surface area contributed by atoms with E-state index in [1.54, 1.807) is 11.3 Å². The molecular formula is C10H11N3OS. The van der Waals surface area contributed by atoms with Gasteiger partial charge in [-0.05, 0) is 30.5 Å². The molecule has 5 heteroatoms. The van der Waals surface area contributed by atoms with Crippen molar-refractivity contribution in [1.82, 2.24) is 15.5 Å². The third-order valence-electron chi connectivity index (χ3n) is 2.57. The molecule has 2 aromatic heterocycles. The van der Waals surface area contributed by atoms with E-state index in [2.05, 4.69) is 15.5 Å². The molecule has 1 fully saturated rings. The molecule has 15 heavy (non-hydrogen) atoms. The van der Waals surface area contributed by atoms with Crippen LogP contribution < -0.4 is 5.32 Å². The highest BCUT2D eigenvalue weighted by molar-refractivity contribution is 7.08. The first-order valence-corrected chi connectivity index (χ1v) is 5.92. The maximum Gasteiger partial charge on any atom is 0.258 e. The third kappa shape index (κ3) is 1.80. The second kappa shape index (κ2) is 3.75. The average molecular weight is 221 g/mol. The van der Waals surface area contributed by atoms with Crippen LogP contribution in [0.15, 0.2) is 21.3 Å². The quantitative estimate of drug-likeness (QED) is 0.854. The lowest BCUT2D eigenvalue weighted by Gasteiger charge is -2.25. The van der Waals surface area contributed by atoms with Crippen LogP contribution in [-0.2, 0) is 6.42 Å². The van der Waals surface area contributed by atoms with Gasteiger partial charge in [0.1, 0.15) is 0 Å². The lowest BCUT2D eigenvalue weighted by molar-refractivity contribution is 0.333. The van der Waals surface area contributed by atoms with Crippen LogP contribution in [0.3, 0.4) is 0 Å². The van der Waals surface area contributed by atoms with E-state index in [-0.39, 0.29) is 0 Å². The zero-order chi connectivity index (χ0) is 10.1. The molecule has 1 aliphatic rings. The number of nitrogens with zero attached hydrogens (tertiary/aromatic N) is 2. The van der Waals surface area contributed by atoms with Crippen LogP contribution in [0.1, 0.15) is 5.82 Å². The molecule has 0 unspecified atom stereocenters. The summed E-state index contributed by atoms with van der Waals surface area (Å²) in [6.45, 7) is 2.14. The van der Waals surface area contributed by atoms with Crippen molar-refractivity contribution < 1.29 is 4.52 Å². The highest BCUT2D eigenvalue weighted by Gasteiger charge is 2.20. The van der Waals surface area contributed by atoms with Crippen molar-refractivity contribution >= 4 is 11.3 Å². The van der Waals surface area contributed by atoms with Gasteiger partial charge in [0, 0.05) is 11.8 Å². The van der Waals surface area contributed by atoms with Crippen molar-refractivity contribution in [3.05, 3.63) is 22.7 Å². The summed E-state index contributed by atoms with van der Waals surface area (Å²) in [4.78, 5) is 4.38. The van der Waals surface area contributed by atoms with Crippen molar-refractivity contribution in [3.8, 4) is 11.5 Å². The molecule has 1 aliphatic heterocycles. The Morgan fingerprint density at radius 1 is 1.53 bits per heavy atom. The molecule has 0 atom stereocenters. The van der Waals surface area contributed by atoms with Gasteiger partial charge < -0.3 is 9.84 Å². The Balaban J connectivity index is 1.75. The van der Waals surface area contributed by atoms with E-state index in [0.717, 1.165) is 30.9 Å². The van der Waals surface area contributed by atoms with Gasteiger partial charge in [0.2, 0.25) is 0 Å². The Bertz CT molecular complexity index is 433. The minimum atomic E-state index is 0.638. The second-order valence-electron chi connectivity index (χ2n) is 3.76. The molecular weight excluding hydrogens is 210 g/mol. The van der Waals surface area contributed by atoms with E-state index < -0.39 is 0 Å². The monoisotopic (exact) mass is 221 g/mol. The maximum absolute atomic E-state index is 5.20. The molecule has 2 aromatic rings. The fourth-order valence-electron chi connectivity index (χ4n) is 1.59. The molecule has 0 aliphatic carbocycles. The van der Waals surface area contributed by atoms with Crippen molar-refractivity contribution in [2.45, 2.75) is 6.42 Å². The first-order chi connectivity index (χ1) is 7.42.